The standard InChI is InChI=1S/C26H39N9O4/c1-26(2,3)16-5-7-17(8-6-16)33-25(38)29-10-4-11-34(12-9-27)13-18-20(36)21(37)24(39-18)35-15-32-19-22(28)30-14-31-23(19)35/h5-8,14-15,18,20-21,24,36-37H,4,9-13,27H2,1-3H3,(H2,28,30,31)(H2,29,33,38). The second-order valence-corrected chi connectivity index (χ2v) is 10.8. The normalized spacial score (nSPS) is 21.5. The molecule has 4 atom stereocenters. The molecule has 8 N–H and O–H groups in total. The largest absolute Gasteiger partial charge is 0.387 e. The summed E-state index contributed by atoms with van der Waals surface area (Å²) in [5, 5.41) is 27.2. The number of anilines is 2. The first-order valence-corrected chi connectivity index (χ1v) is 13.1. The van der Waals surface area contributed by atoms with E-state index in [1.807, 2.05) is 29.2 Å². The number of urea groups is 1. The zero-order valence-electron chi connectivity index (χ0n) is 22.6. The van der Waals surface area contributed by atoms with E-state index in [0.29, 0.717) is 50.3 Å². The number of nitrogens with one attached hydrogen (secondary N) is 2. The molecule has 2 aromatic heterocycles. The van der Waals surface area contributed by atoms with Crippen LogP contribution in [0.2, 0.25) is 0 Å². The van der Waals surface area contributed by atoms with E-state index in [1.54, 1.807) is 4.57 Å². The quantitative estimate of drug-likeness (QED) is 0.200. The fraction of sp³-hybridized carbons (Fsp3) is 0.538. The van der Waals surface area contributed by atoms with Gasteiger partial charge in [-0.25, -0.2) is 19.7 Å². The van der Waals surface area contributed by atoms with Crippen molar-refractivity contribution < 1.29 is 19.7 Å². The van der Waals surface area contributed by atoms with Gasteiger partial charge in [0.15, 0.2) is 17.7 Å². The SMILES string of the molecule is CC(C)(C)c1ccc(NC(=O)NCCCN(CCN)CC2OC(n3cnc4c(N)ncnc43)C(O)C2O)cc1. The average Bonchev–Trinajstić information content (AvgIpc) is 3.44. The number of amides is 2. The van der Waals surface area contributed by atoms with Crippen LogP contribution in [0.3, 0.4) is 0 Å². The predicted molar refractivity (Wildman–Crippen MR) is 148 cm³/mol. The molecule has 4 unspecified atom stereocenters. The number of ether oxygens (including phenoxy) is 1. The summed E-state index contributed by atoms with van der Waals surface area (Å²) in [7, 11) is 0. The number of aromatic nitrogens is 4. The highest BCUT2D eigenvalue weighted by Crippen LogP contribution is 2.32. The summed E-state index contributed by atoms with van der Waals surface area (Å²) in [6, 6.07) is 7.54. The predicted octanol–water partition coefficient (Wildman–Crippen LogP) is 0.798. The lowest BCUT2D eigenvalue weighted by molar-refractivity contribution is -0.0439. The van der Waals surface area contributed by atoms with Crippen LogP contribution in [0.15, 0.2) is 36.9 Å². The molecule has 212 valence electrons. The molecule has 0 spiro atoms. The second kappa shape index (κ2) is 12.2. The average molecular weight is 542 g/mol. The first kappa shape index (κ1) is 28.6. The first-order valence-electron chi connectivity index (χ1n) is 13.1. The molecule has 0 radical (unpaired) electrons. The van der Waals surface area contributed by atoms with Gasteiger partial charge in [0, 0.05) is 31.9 Å². The Labute approximate surface area is 227 Å². The number of fused-ring (bicyclic) bond motifs is 1. The third kappa shape index (κ3) is 6.81. The minimum Gasteiger partial charge on any atom is -0.387 e. The van der Waals surface area contributed by atoms with Crippen LogP contribution < -0.4 is 22.1 Å². The summed E-state index contributed by atoms with van der Waals surface area (Å²) < 4.78 is 7.60. The van der Waals surface area contributed by atoms with E-state index < -0.39 is 24.5 Å². The van der Waals surface area contributed by atoms with E-state index in [1.165, 1.54) is 18.2 Å². The molecule has 13 nitrogen and oxygen atoms in total. The van der Waals surface area contributed by atoms with Crippen LogP contribution in [0.5, 0.6) is 0 Å². The monoisotopic (exact) mass is 541 g/mol. The lowest BCUT2D eigenvalue weighted by Gasteiger charge is -2.26. The van der Waals surface area contributed by atoms with Crippen molar-refractivity contribution in [2.45, 2.75) is 57.1 Å². The minimum atomic E-state index is -1.19. The van der Waals surface area contributed by atoms with Crippen LogP contribution >= 0.6 is 0 Å². The molecule has 0 bridgehead atoms. The first-order chi connectivity index (χ1) is 18.6. The molecule has 1 aliphatic rings. The number of benzene rings is 1. The Morgan fingerprint density at radius 1 is 1.13 bits per heavy atom. The maximum Gasteiger partial charge on any atom is 0.319 e. The molecule has 1 aromatic carbocycles. The number of nitrogens with zero attached hydrogens (tertiary/aromatic N) is 5. The molecule has 0 aliphatic carbocycles. The molecule has 13 heteroatoms. The Balaban J connectivity index is 1.27. The fourth-order valence-electron chi connectivity index (χ4n) is 4.63. The van der Waals surface area contributed by atoms with Gasteiger partial charge < -0.3 is 37.1 Å². The third-order valence-corrected chi connectivity index (χ3v) is 6.83. The molecule has 1 fully saturated rings. The van der Waals surface area contributed by atoms with Crippen LogP contribution in [-0.2, 0) is 10.2 Å². The lowest BCUT2D eigenvalue weighted by atomic mass is 9.87. The number of aliphatic hydroxyl groups excluding tert-OH is 2. The molecule has 3 heterocycles. The van der Waals surface area contributed by atoms with Crippen molar-refractivity contribution in [1.29, 1.82) is 0 Å². The van der Waals surface area contributed by atoms with E-state index in [-0.39, 0.29) is 17.3 Å². The van der Waals surface area contributed by atoms with Crippen LogP contribution in [0.4, 0.5) is 16.3 Å². The van der Waals surface area contributed by atoms with Gasteiger partial charge in [0.25, 0.3) is 0 Å². The molecule has 1 saturated heterocycles. The summed E-state index contributed by atoms with van der Waals surface area (Å²) in [6.45, 7) is 8.82. The van der Waals surface area contributed by atoms with Crippen molar-refractivity contribution in [3.8, 4) is 0 Å². The Kier molecular flexibility index (Phi) is 8.97. The molecule has 39 heavy (non-hydrogen) atoms. The van der Waals surface area contributed by atoms with Crippen molar-refractivity contribution in [2.24, 2.45) is 5.73 Å². The van der Waals surface area contributed by atoms with Gasteiger partial charge in [0.05, 0.1) is 6.33 Å². The summed E-state index contributed by atoms with van der Waals surface area (Å²) in [6.07, 6.45) is -0.427. The number of carbonyl (C=O) groups is 1. The second-order valence-electron chi connectivity index (χ2n) is 10.8. The van der Waals surface area contributed by atoms with Gasteiger partial charge in [-0.15, -0.1) is 0 Å². The molecular formula is C26H39N9O4. The third-order valence-electron chi connectivity index (χ3n) is 6.83. The summed E-state index contributed by atoms with van der Waals surface area (Å²) >= 11 is 0. The lowest BCUT2D eigenvalue weighted by Crippen LogP contribution is -2.43. The number of imidazole rings is 1. The molecular weight excluding hydrogens is 502 g/mol. The van der Waals surface area contributed by atoms with Crippen molar-refractivity contribution in [1.82, 2.24) is 29.7 Å². The summed E-state index contributed by atoms with van der Waals surface area (Å²) in [5.41, 5.74) is 14.5. The van der Waals surface area contributed by atoms with Crippen LogP contribution in [-0.4, -0.2) is 91.7 Å². The maximum atomic E-state index is 12.3. The van der Waals surface area contributed by atoms with Crippen molar-refractivity contribution in [3.05, 3.63) is 42.5 Å². The Morgan fingerprint density at radius 2 is 1.87 bits per heavy atom. The number of rotatable bonds is 10. The maximum absolute atomic E-state index is 12.3. The number of carbonyl (C=O) groups excluding carboxylic acids is 1. The van der Waals surface area contributed by atoms with E-state index in [0.717, 1.165) is 5.69 Å². The van der Waals surface area contributed by atoms with E-state index in [9.17, 15) is 15.0 Å². The Bertz CT molecular complexity index is 1240. The molecule has 1 aliphatic heterocycles. The molecule has 2 amide bonds. The topological polar surface area (TPSA) is 190 Å². The highest BCUT2D eigenvalue weighted by atomic mass is 16.6. The number of hydrogen-bond donors (Lipinski definition) is 6. The fourth-order valence-corrected chi connectivity index (χ4v) is 4.63. The van der Waals surface area contributed by atoms with Crippen LogP contribution in [0.1, 0.15) is 39.0 Å². The van der Waals surface area contributed by atoms with Gasteiger partial charge in [-0.1, -0.05) is 32.9 Å². The van der Waals surface area contributed by atoms with Crippen molar-refractivity contribution in [2.75, 3.05) is 43.8 Å². The summed E-state index contributed by atoms with van der Waals surface area (Å²) in [4.78, 5) is 26.7. The van der Waals surface area contributed by atoms with Gasteiger partial charge >= 0.3 is 6.03 Å². The molecule has 3 aromatic rings. The van der Waals surface area contributed by atoms with Gasteiger partial charge in [-0.2, -0.15) is 0 Å². The van der Waals surface area contributed by atoms with Crippen molar-refractivity contribution in [3.63, 3.8) is 0 Å². The minimum absolute atomic E-state index is 0.0477. The van der Waals surface area contributed by atoms with Crippen LogP contribution in [0, 0.1) is 0 Å². The number of nitrogens with two attached hydrogens (primary N) is 2. The Morgan fingerprint density at radius 3 is 2.56 bits per heavy atom. The molecule has 0 saturated carbocycles. The highest BCUT2D eigenvalue weighted by molar-refractivity contribution is 5.89. The van der Waals surface area contributed by atoms with Crippen LogP contribution in [0.25, 0.3) is 11.2 Å². The van der Waals surface area contributed by atoms with Crippen molar-refractivity contribution >= 4 is 28.7 Å². The van der Waals surface area contributed by atoms with Gasteiger partial charge in [0.1, 0.15) is 30.2 Å². The summed E-state index contributed by atoms with van der Waals surface area (Å²) in [5.74, 6) is 0.221. The Hall–Kier alpha value is -3.36. The zero-order chi connectivity index (χ0) is 28.2. The van der Waals surface area contributed by atoms with Gasteiger partial charge in [0.2, 0.25) is 0 Å². The van der Waals surface area contributed by atoms with Gasteiger partial charge in [-0.3, -0.25) is 9.47 Å². The van der Waals surface area contributed by atoms with E-state index >= 15 is 0 Å². The van der Waals surface area contributed by atoms with E-state index in [2.05, 4.69) is 46.4 Å². The number of aliphatic hydroxyl groups is 2. The highest BCUT2D eigenvalue weighted by Gasteiger charge is 2.44. The number of hydrogen-bond acceptors (Lipinski definition) is 10. The number of nitrogen functional groups attached to an aromatic ring is 1. The van der Waals surface area contributed by atoms with E-state index in [4.69, 9.17) is 16.2 Å². The molecule has 4 rings (SSSR count). The zero-order valence-corrected chi connectivity index (χ0v) is 22.6. The smallest absolute Gasteiger partial charge is 0.319 e. The van der Waals surface area contributed by atoms with Gasteiger partial charge in [-0.05, 0) is 36.1 Å².